The predicted molar refractivity (Wildman–Crippen MR) is 57.2 cm³/mol. The number of nitrogens with one attached hydrogen (secondary N) is 1. The lowest BCUT2D eigenvalue weighted by atomic mass is 10.1. The van der Waals surface area contributed by atoms with E-state index in [0.29, 0.717) is 17.9 Å². The summed E-state index contributed by atoms with van der Waals surface area (Å²) in [5, 5.41) is 15.4. The number of rotatable bonds is 4. The molecule has 0 saturated heterocycles. The Bertz CT molecular complexity index is 526. The molecule has 0 atom stereocenters. The van der Waals surface area contributed by atoms with Gasteiger partial charge in [-0.05, 0) is 18.2 Å². The molecule has 0 fully saturated rings. The number of halogens is 1. The number of nitrogens with zero attached hydrogens (tertiary/aromatic N) is 1. The van der Waals surface area contributed by atoms with E-state index in [1.54, 1.807) is 6.07 Å². The van der Waals surface area contributed by atoms with Crippen molar-refractivity contribution in [2.45, 2.75) is 6.54 Å². The van der Waals surface area contributed by atoms with E-state index >= 15 is 0 Å². The second-order valence-corrected chi connectivity index (χ2v) is 3.34. The van der Waals surface area contributed by atoms with Crippen molar-refractivity contribution in [1.29, 1.82) is 0 Å². The minimum Gasteiger partial charge on any atom is -0.478 e. The Balaban J connectivity index is 2.17. The van der Waals surface area contributed by atoms with Crippen molar-refractivity contribution in [2.75, 3.05) is 5.32 Å². The van der Waals surface area contributed by atoms with Crippen molar-refractivity contribution >= 4 is 11.7 Å². The van der Waals surface area contributed by atoms with E-state index < -0.39 is 11.8 Å². The number of hydrogen-bond acceptors (Lipinski definition) is 4. The van der Waals surface area contributed by atoms with Gasteiger partial charge in [0, 0.05) is 11.8 Å². The van der Waals surface area contributed by atoms with Crippen LogP contribution in [0.25, 0.3) is 0 Å². The first-order chi connectivity index (χ1) is 8.16. The molecular weight excluding hydrogens is 227 g/mol. The standard InChI is InChI=1S/C11H9FN2O3/c12-7-1-2-10(9(5-7)11(15)16)13-6-8-3-4-17-14-8/h1-5,13H,6H2,(H,15,16). The molecule has 6 heteroatoms. The predicted octanol–water partition coefficient (Wildman–Crippen LogP) is 2.12. The van der Waals surface area contributed by atoms with E-state index in [2.05, 4.69) is 15.0 Å². The number of aromatic nitrogens is 1. The van der Waals surface area contributed by atoms with Crippen LogP contribution in [0.1, 0.15) is 16.1 Å². The Morgan fingerprint density at radius 3 is 2.94 bits per heavy atom. The monoisotopic (exact) mass is 236 g/mol. The fourth-order valence-electron chi connectivity index (χ4n) is 1.36. The molecule has 0 aliphatic heterocycles. The highest BCUT2D eigenvalue weighted by atomic mass is 19.1. The van der Waals surface area contributed by atoms with Crippen LogP contribution in [0, 0.1) is 5.82 Å². The van der Waals surface area contributed by atoms with Crippen molar-refractivity contribution in [3.8, 4) is 0 Å². The van der Waals surface area contributed by atoms with E-state index in [-0.39, 0.29) is 5.56 Å². The molecule has 88 valence electrons. The Morgan fingerprint density at radius 1 is 1.47 bits per heavy atom. The zero-order valence-electron chi connectivity index (χ0n) is 8.68. The highest BCUT2D eigenvalue weighted by molar-refractivity contribution is 5.94. The second-order valence-electron chi connectivity index (χ2n) is 3.34. The van der Waals surface area contributed by atoms with E-state index in [1.165, 1.54) is 18.4 Å². The fraction of sp³-hybridized carbons (Fsp3) is 0.0909. The molecule has 1 heterocycles. The summed E-state index contributed by atoms with van der Waals surface area (Å²) in [5.41, 5.74) is 0.848. The first-order valence-electron chi connectivity index (χ1n) is 4.83. The van der Waals surface area contributed by atoms with Gasteiger partial charge in [0.15, 0.2) is 0 Å². The average molecular weight is 236 g/mol. The normalized spacial score (nSPS) is 10.2. The summed E-state index contributed by atoms with van der Waals surface area (Å²) in [7, 11) is 0. The summed E-state index contributed by atoms with van der Waals surface area (Å²) in [6.07, 6.45) is 1.42. The molecule has 2 aromatic rings. The quantitative estimate of drug-likeness (QED) is 0.850. The van der Waals surface area contributed by atoms with Crippen LogP contribution >= 0.6 is 0 Å². The molecule has 0 aliphatic rings. The average Bonchev–Trinajstić information content (AvgIpc) is 2.80. The molecule has 2 N–H and O–H groups in total. The van der Waals surface area contributed by atoms with Crippen LogP contribution in [0.15, 0.2) is 35.1 Å². The van der Waals surface area contributed by atoms with Gasteiger partial charge in [-0.15, -0.1) is 0 Å². The van der Waals surface area contributed by atoms with Gasteiger partial charge in [0.1, 0.15) is 17.8 Å². The zero-order valence-corrected chi connectivity index (χ0v) is 8.68. The Labute approximate surface area is 95.9 Å². The lowest BCUT2D eigenvalue weighted by Crippen LogP contribution is -2.07. The van der Waals surface area contributed by atoms with Gasteiger partial charge >= 0.3 is 5.97 Å². The van der Waals surface area contributed by atoms with Gasteiger partial charge in [-0.1, -0.05) is 5.16 Å². The summed E-state index contributed by atoms with van der Waals surface area (Å²) in [4.78, 5) is 10.9. The van der Waals surface area contributed by atoms with E-state index in [4.69, 9.17) is 5.11 Å². The SMILES string of the molecule is O=C(O)c1cc(F)ccc1NCc1ccon1. The third kappa shape index (κ3) is 2.60. The third-order valence-electron chi connectivity index (χ3n) is 2.16. The van der Waals surface area contributed by atoms with Gasteiger partial charge in [0.2, 0.25) is 0 Å². The largest absolute Gasteiger partial charge is 0.478 e. The topological polar surface area (TPSA) is 75.4 Å². The summed E-state index contributed by atoms with van der Waals surface area (Å²) < 4.78 is 17.5. The second kappa shape index (κ2) is 4.65. The van der Waals surface area contributed by atoms with Gasteiger partial charge in [-0.2, -0.15) is 0 Å². The molecule has 0 saturated carbocycles. The van der Waals surface area contributed by atoms with Gasteiger partial charge in [0.05, 0.1) is 12.1 Å². The summed E-state index contributed by atoms with van der Waals surface area (Å²) >= 11 is 0. The summed E-state index contributed by atoms with van der Waals surface area (Å²) in [6, 6.07) is 5.18. The number of carbonyl (C=O) groups is 1. The van der Waals surface area contributed by atoms with Gasteiger partial charge in [-0.3, -0.25) is 0 Å². The van der Waals surface area contributed by atoms with Gasteiger partial charge in [-0.25, -0.2) is 9.18 Å². The third-order valence-corrected chi connectivity index (χ3v) is 2.16. The number of carboxylic acid groups (broad SMARTS) is 1. The van der Waals surface area contributed by atoms with Crippen LogP contribution in [-0.4, -0.2) is 16.2 Å². The molecular formula is C11H9FN2O3. The molecule has 0 bridgehead atoms. The van der Waals surface area contributed by atoms with Crippen molar-refractivity contribution in [1.82, 2.24) is 5.16 Å². The smallest absolute Gasteiger partial charge is 0.337 e. The van der Waals surface area contributed by atoms with Gasteiger partial charge < -0.3 is 14.9 Å². The number of aromatic carboxylic acids is 1. The Hall–Kier alpha value is -2.37. The molecule has 0 amide bonds. The number of anilines is 1. The number of carboxylic acids is 1. The maximum Gasteiger partial charge on any atom is 0.337 e. The highest BCUT2D eigenvalue weighted by Gasteiger charge is 2.11. The van der Waals surface area contributed by atoms with Crippen molar-refractivity contribution < 1.29 is 18.8 Å². The molecule has 17 heavy (non-hydrogen) atoms. The zero-order chi connectivity index (χ0) is 12.3. The first-order valence-corrected chi connectivity index (χ1v) is 4.83. The number of hydrogen-bond donors (Lipinski definition) is 2. The minimum absolute atomic E-state index is 0.117. The van der Waals surface area contributed by atoms with Crippen molar-refractivity contribution in [2.24, 2.45) is 0 Å². The highest BCUT2D eigenvalue weighted by Crippen LogP contribution is 2.17. The van der Waals surface area contributed by atoms with E-state index in [9.17, 15) is 9.18 Å². The molecule has 2 rings (SSSR count). The van der Waals surface area contributed by atoms with Crippen molar-refractivity contribution in [3.63, 3.8) is 0 Å². The minimum atomic E-state index is -1.19. The molecule has 0 aliphatic carbocycles. The van der Waals surface area contributed by atoms with Crippen LogP contribution in [-0.2, 0) is 6.54 Å². The lowest BCUT2D eigenvalue weighted by molar-refractivity contribution is 0.0697. The summed E-state index contributed by atoms with van der Waals surface area (Å²) in [5.74, 6) is -1.78. The van der Waals surface area contributed by atoms with Gasteiger partial charge in [0.25, 0.3) is 0 Å². The fourth-order valence-corrected chi connectivity index (χ4v) is 1.36. The van der Waals surface area contributed by atoms with Crippen LogP contribution in [0.2, 0.25) is 0 Å². The molecule has 0 unspecified atom stereocenters. The Morgan fingerprint density at radius 2 is 2.29 bits per heavy atom. The lowest BCUT2D eigenvalue weighted by Gasteiger charge is -2.07. The number of benzene rings is 1. The van der Waals surface area contributed by atoms with Crippen LogP contribution in [0.5, 0.6) is 0 Å². The van der Waals surface area contributed by atoms with Crippen LogP contribution in [0.3, 0.4) is 0 Å². The van der Waals surface area contributed by atoms with Crippen LogP contribution in [0.4, 0.5) is 10.1 Å². The molecule has 0 radical (unpaired) electrons. The first kappa shape index (κ1) is 11.1. The molecule has 1 aromatic carbocycles. The van der Waals surface area contributed by atoms with E-state index in [0.717, 1.165) is 6.07 Å². The molecule has 1 aromatic heterocycles. The van der Waals surface area contributed by atoms with Crippen LogP contribution < -0.4 is 5.32 Å². The molecule has 5 nitrogen and oxygen atoms in total. The van der Waals surface area contributed by atoms with E-state index in [1.807, 2.05) is 0 Å². The summed E-state index contributed by atoms with van der Waals surface area (Å²) in [6.45, 7) is 0.308. The Kier molecular flexibility index (Phi) is 3.04. The maximum atomic E-state index is 12.9. The maximum absolute atomic E-state index is 12.9. The molecule has 0 spiro atoms. The van der Waals surface area contributed by atoms with Crippen molar-refractivity contribution in [3.05, 3.63) is 47.6 Å².